The predicted octanol–water partition coefficient (Wildman–Crippen LogP) is 3.53. The summed E-state index contributed by atoms with van der Waals surface area (Å²) in [6.45, 7) is 8.62. The highest BCUT2D eigenvalue weighted by atomic mass is 35.5. The average Bonchev–Trinajstić information content (AvgIpc) is 2.48. The normalized spacial score (nSPS) is 13.4. The van der Waals surface area contributed by atoms with Gasteiger partial charge in [-0.2, -0.15) is 11.8 Å². The van der Waals surface area contributed by atoms with Crippen molar-refractivity contribution in [3.8, 4) is 0 Å². The second-order valence-electron chi connectivity index (χ2n) is 6.71. The lowest BCUT2D eigenvalue weighted by molar-refractivity contribution is -0.122. The predicted molar refractivity (Wildman–Crippen MR) is 108 cm³/mol. The first-order valence-electron chi connectivity index (χ1n) is 8.12. The highest BCUT2D eigenvalue weighted by molar-refractivity contribution is 8.00. The number of carbonyl (C=O) groups excluding carboxylic acids is 1. The molecular weight excluding hydrogens is 380 g/mol. The van der Waals surface area contributed by atoms with Gasteiger partial charge < -0.3 is 5.32 Å². The van der Waals surface area contributed by atoms with Gasteiger partial charge in [-0.3, -0.25) is 9.10 Å². The van der Waals surface area contributed by atoms with Crippen LogP contribution in [0.1, 0.15) is 34.1 Å². The maximum Gasteiger partial charge on any atom is 0.243 e. The number of thioether (sulfide) groups is 1. The number of hydrogen-bond donors (Lipinski definition) is 1. The maximum absolute atomic E-state index is 12.6. The molecule has 0 saturated heterocycles. The molecule has 1 aromatic carbocycles. The summed E-state index contributed by atoms with van der Waals surface area (Å²) in [6.07, 6.45) is 1.47. The van der Waals surface area contributed by atoms with E-state index >= 15 is 0 Å². The van der Waals surface area contributed by atoms with Crippen LogP contribution in [-0.4, -0.2) is 43.7 Å². The van der Waals surface area contributed by atoms with Crippen molar-refractivity contribution in [2.75, 3.05) is 22.9 Å². The van der Waals surface area contributed by atoms with E-state index < -0.39 is 16.1 Å². The molecule has 0 aliphatic rings. The van der Waals surface area contributed by atoms with Crippen LogP contribution in [-0.2, 0) is 14.8 Å². The summed E-state index contributed by atoms with van der Waals surface area (Å²) in [6, 6.07) is 5.64. The van der Waals surface area contributed by atoms with Gasteiger partial charge >= 0.3 is 0 Å². The smallest absolute Gasteiger partial charge is 0.243 e. The third kappa shape index (κ3) is 7.46. The first-order chi connectivity index (χ1) is 11.5. The van der Waals surface area contributed by atoms with E-state index in [4.69, 9.17) is 11.6 Å². The third-order valence-electron chi connectivity index (χ3n) is 3.35. The number of sulfonamides is 1. The molecule has 0 aromatic heterocycles. The second-order valence-corrected chi connectivity index (χ2v) is 10.9. The van der Waals surface area contributed by atoms with E-state index in [1.807, 2.05) is 0 Å². The first-order valence-corrected chi connectivity index (χ1v) is 11.3. The topological polar surface area (TPSA) is 66.5 Å². The molecule has 0 fully saturated rings. The summed E-state index contributed by atoms with van der Waals surface area (Å²) in [5.41, 5.74) is 0.429. The van der Waals surface area contributed by atoms with Gasteiger partial charge in [0.1, 0.15) is 6.04 Å². The monoisotopic (exact) mass is 406 g/mol. The maximum atomic E-state index is 12.6. The van der Waals surface area contributed by atoms with Gasteiger partial charge in [-0.15, -0.1) is 0 Å². The zero-order valence-electron chi connectivity index (χ0n) is 15.4. The van der Waals surface area contributed by atoms with Crippen molar-refractivity contribution in [3.05, 3.63) is 29.3 Å². The minimum atomic E-state index is -3.62. The van der Waals surface area contributed by atoms with E-state index in [1.54, 1.807) is 43.0 Å². The molecular formula is C17H27ClN2O3S2. The van der Waals surface area contributed by atoms with Crippen molar-refractivity contribution in [2.24, 2.45) is 0 Å². The SMILES string of the molecule is CC[C@@H](C(=O)NCCSC(C)(C)C)N(c1ccc(Cl)cc1)S(C)(=O)=O. The lowest BCUT2D eigenvalue weighted by atomic mass is 10.2. The van der Waals surface area contributed by atoms with Gasteiger partial charge in [-0.1, -0.05) is 39.3 Å². The van der Waals surface area contributed by atoms with Gasteiger partial charge in [0.2, 0.25) is 15.9 Å². The number of nitrogens with zero attached hydrogens (tertiary/aromatic N) is 1. The van der Waals surface area contributed by atoms with Gasteiger partial charge in [0.05, 0.1) is 11.9 Å². The number of hydrogen-bond acceptors (Lipinski definition) is 4. The summed E-state index contributed by atoms with van der Waals surface area (Å²) in [5.74, 6) is 0.475. The van der Waals surface area contributed by atoms with Crippen LogP contribution in [0, 0.1) is 0 Å². The average molecular weight is 407 g/mol. The molecule has 0 radical (unpaired) electrons. The van der Waals surface area contributed by atoms with Crippen molar-refractivity contribution < 1.29 is 13.2 Å². The highest BCUT2D eigenvalue weighted by Crippen LogP contribution is 2.25. The van der Waals surface area contributed by atoms with Crippen LogP contribution in [0.25, 0.3) is 0 Å². The van der Waals surface area contributed by atoms with Crippen LogP contribution < -0.4 is 9.62 Å². The van der Waals surface area contributed by atoms with E-state index in [2.05, 4.69) is 26.1 Å². The molecule has 1 atom stereocenters. The van der Waals surface area contributed by atoms with Crippen LogP contribution in [0.4, 0.5) is 5.69 Å². The van der Waals surface area contributed by atoms with Crippen LogP contribution in [0.2, 0.25) is 5.02 Å². The van der Waals surface area contributed by atoms with Gasteiger partial charge in [-0.25, -0.2) is 8.42 Å². The Morgan fingerprint density at radius 1 is 1.28 bits per heavy atom. The van der Waals surface area contributed by atoms with Crippen molar-refractivity contribution in [3.63, 3.8) is 0 Å². The van der Waals surface area contributed by atoms with E-state index in [1.165, 1.54) is 0 Å². The molecule has 1 N–H and O–H groups in total. The van der Waals surface area contributed by atoms with E-state index in [-0.39, 0.29) is 10.7 Å². The van der Waals surface area contributed by atoms with Crippen molar-refractivity contribution >= 4 is 45.0 Å². The Hall–Kier alpha value is -0.920. The fraction of sp³-hybridized carbons (Fsp3) is 0.588. The third-order valence-corrected chi connectivity index (χ3v) is 6.05. The lowest BCUT2D eigenvalue weighted by Gasteiger charge is -2.30. The largest absolute Gasteiger partial charge is 0.353 e. The van der Waals surface area contributed by atoms with Crippen molar-refractivity contribution in [1.29, 1.82) is 0 Å². The lowest BCUT2D eigenvalue weighted by Crippen LogP contribution is -2.49. The van der Waals surface area contributed by atoms with Gasteiger partial charge in [0.15, 0.2) is 0 Å². The summed E-state index contributed by atoms with van der Waals surface area (Å²) < 4.78 is 25.9. The van der Waals surface area contributed by atoms with E-state index in [0.717, 1.165) is 16.3 Å². The summed E-state index contributed by atoms with van der Waals surface area (Å²) >= 11 is 7.62. The van der Waals surface area contributed by atoms with Crippen LogP contribution in [0.3, 0.4) is 0 Å². The quantitative estimate of drug-likeness (QED) is 0.670. The summed E-state index contributed by atoms with van der Waals surface area (Å²) in [7, 11) is -3.62. The Balaban J connectivity index is 2.91. The van der Waals surface area contributed by atoms with Crippen molar-refractivity contribution in [2.45, 2.75) is 44.9 Å². The van der Waals surface area contributed by atoms with Crippen LogP contribution in [0.15, 0.2) is 24.3 Å². The Kier molecular flexibility index (Phi) is 8.09. The molecule has 0 unspecified atom stereocenters. The summed E-state index contributed by atoms with van der Waals surface area (Å²) in [5, 5.41) is 3.36. The fourth-order valence-electron chi connectivity index (χ4n) is 2.30. The van der Waals surface area contributed by atoms with E-state index in [0.29, 0.717) is 23.7 Å². The number of rotatable bonds is 8. The number of carbonyl (C=O) groups is 1. The number of halogens is 1. The van der Waals surface area contributed by atoms with Crippen LogP contribution >= 0.6 is 23.4 Å². The molecule has 0 spiro atoms. The van der Waals surface area contributed by atoms with Crippen LogP contribution in [0.5, 0.6) is 0 Å². The van der Waals surface area contributed by atoms with Gasteiger partial charge in [0, 0.05) is 22.1 Å². The molecule has 142 valence electrons. The van der Waals surface area contributed by atoms with Crippen molar-refractivity contribution in [1.82, 2.24) is 5.32 Å². The zero-order valence-corrected chi connectivity index (χ0v) is 17.8. The molecule has 0 heterocycles. The number of amides is 1. The number of nitrogens with one attached hydrogen (secondary N) is 1. The minimum absolute atomic E-state index is 0.122. The molecule has 1 aromatic rings. The standard InChI is InChI=1S/C17H27ClN2O3S2/c1-6-15(16(21)19-11-12-24-17(2,3)4)20(25(5,22)23)14-9-7-13(18)8-10-14/h7-10,15H,6,11-12H2,1-5H3,(H,19,21)/t15-/m0/s1. The highest BCUT2D eigenvalue weighted by Gasteiger charge is 2.31. The molecule has 5 nitrogen and oxygen atoms in total. The van der Waals surface area contributed by atoms with E-state index in [9.17, 15) is 13.2 Å². The summed E-state index contributed by atoms with van der Waals surface area (Å²) in [4.78, 5) is 12.6. The number of benzene rings is 1. The molecule has 1 rings (SSSR count). The molecule has 25 heavy (non-hydrogen) atoms. The first kappa shape index (κ1) is 22.1. The Morgan fingerprint density at radius 2 is 1.84 bits per heavy atom. The minimum Gasteiger partial charge on any atom is -0.353 e. The molecule has 8 heteroatoms. The molecule has 1 amide bonds. The van der Waals surface area contributed by atoms with Gasteiger partial charge in [0.25, 0.3) is 0 Å². The Morgan fingerprint density at radius 3 is 2.28 bits per heavy atom. The molecule has 0 aliphatic heterocycles. The second kappa shape index (κ2) is 9.14. The molecule has 0 saturated carbocycles. The number of anilines is 1. The molecule has 0 bridgehead atoms. The fourth-order valence-corrected chi connectivity index (χ4v) is 4.45. The Labute approximate surface area is 160 Å². The van der Waals surface area contributed by atoms with Gasteiger partial charge in [-0.05, 0) is 30.7 Å². The zero-order chi connectivity index (χ0) is 19.3. The Bertz CT molecular complexity index is 670. The molecule has 0 aliphatic carbocycles.